The van der Waals surface area contributed by atoms with Gasteiger partial charge in [-0.05, 0) is 68.9 Å². The number of rotatable bonds is 0. The van der Waals surface area contributed by atoms with E-state index >= 15 is 0 Å². The molecule has 10 heteroatoms. The van der Waals surface area contributed by atoms with Crippen molar-refractivity contribution in [2.45, 2.75) is 67.1 Å². The predicted octanol–water partition coefficient (Wildman–Crippen LogP) is 6.50. The summed E-state index contributed by atoms with van der Waals surface area (Å²) in [5.74, 6) is -4.98. The number of hydrogen-bond acceptors (Lipinski definition) is 8. The van der Waals surface area contributed by atoms with Crippen LogP contribution in [0.5, 0.6) is 5.75 Å². The molecule has 2 aliphatic heterocycles. The Balaban J connectivity index is 2.09. The molecule has 1 amide bonds. The number of hydrogen-bond donors (Lipinski definition) is 4. The van der Waals surface area contributed by atoms with Crippen LogP contribution in [0.2, 0.25) is 0 Å². The third-order valence-corrected chi connectivity index (χ3v) is 8.97. The summed E-state index contributed by atoms with van der Waals surface area (Å²) in [6.45, 7) is 11.4. The minimum Gasteiger partial charge on any atom is -0.507 e. The summed E-state index contributed by atoms with van der Waals surface area (Å²) in [4.78, 5) is 66.6. The number of Topliss-reactive ketones (excluding diaryl/α,β-unsaturated/α-hetero) is 3. The van der Waals surface area contributed by atoms with Crippen molar-refractivity contribution in [2.24, 2.45) is 17.8 Å². The van der Waals surface area contributed by atoms with E-state index in [2.05, 4.69) is 5.32 Å². The van der Waals surface area contributed by atoms with E-state index in [0.717, 1.165) is 0 Å². The molecule has 0 saturated heterocycles. The standard InChI is InChI=1S/C40H44ClNO8/c1-21-11-9-8-10-12-24(4)40(50)42-34-33(41)39(49)31-29(38(34)48)20-27(7)37(47)32(31)36(46)26(6)19-25(5)35(45)23(3)15-17-28(43)16-14-22(2)30(44)18-13-21/h8-15,17-21,23,25,28,35,43,45,47H,16H2,1-7H3,(H,42,50). The van der Waals surface area contributed by atoms with Crippen LogP contribution in [-0.4, -0.2) is 56.6 Å². The SMILES string of the molecule is CC1=CCC(O)C=CC(C)C(O)C(C)C=C(C)C(=O)c2c(O)c(C)cc3c2C(=O)C(Cl)=C(NC(=O)C(C)=CC=CC=CC(C)C=CC1=O)C3=O. The van der Waals surface area contributed by atoms with Gasteiger partial charge in [-0.2, -0.15) is 0 Å². The normalized spacial score (nSPS) is 25.1. The molecule has 0 fully saturated rings. The minimum absolute atomic E-state index is 0.0866. The maximum absolute atomic E-state index is 13.8. The largest absolute Gasteiger partial charge is 0.507 e. The predicted molar refractivity (Wildman–Crippen MR) is 194 cm³/mol. The highest BCUT2D eigenvalue weighted by Gasteiger charge is 2.38. The van der Waals surface area contributed by atoms with Gasteiger partial charge >= 0.3 is 0 Å². The van der Waals surface area contributed by atoms with Crippen LogP contribution >= 0.6 is 11.6 Å². The Kier molecular flexibility index (Phi) is 13.7. The van der Waals surface area contributed by atoms with Crippen LogP contribution in [0.4, 0.5) is 0 Å². The van der Waals surface area contributed by atoms with Gasteiger partial charge in [0.1, 0.15) is 16.5 Å². The second-order valence-electron chi connectivity index (χ2n) is 12.8. The first-order valence-electron chi connectivity index (χ1n) is 16.3. The number of carbonyl (C=O) groups is 5. The van der Waals surface area contributed by atoms with Crippen molar-refractivity contribution >= 4 is 40.6 Å². The van der Waals surface area contributed by atoms with Crippen LogP contribution < -0.4 is 5.32 Å². The summed E-state index contributed by atoms with van der Waals surface area (Å²) in [6.07, 6.45) is 16.2. The molecule has 3 aliphatic rings. The molecule has 2 heterocycles. The van der Waals surface area contributed by atoms with Gasteiger partial charge in [-0.3, -0.25) is 24.0 Å². The lowest BCUT2D eigenvalue weighted by atomic mass is 9.83. The van der Waals surface area contributed by atoms with Gasteiger partial charge < -0.3 is 20.6 Å². The molecule has 9 nitrogen and oxygen atoms in total. The van der Waals surface area contributed by atoms with Crippen LogP contribution in [0.1, 0.15) is 84.6 Å². The number of ketones is 4. The van der Waals surface area contributed by atoms with Crippen LogP contribution in [0, 0.1) is 24.7 Å². The number of benzene rings is 1. The highest BCUT2D eigenvalue weighted by Crippen LogP contribution is 2.37. The van der Waals surface area contributed by atoms with Crippen molar-refractivity contribution in [3.8, 4) is 5.75 Å². The number of nitrogens with one attached hydrogen (secondary N) is 1. The molecule has 264 valence electrons. The highest BCUT2D eigenvalue weighted by atomic mass is 35.5. The molecule has 1 aliphatic carbocycles. The lowest BCUT2D eigenvalue weighted by molar-refractivity contribution is -0.116. The van der Waals surface area contributed by atoms with Gasteiger partial charge in [-0.1, -0.05) is 93.1 Å². The van der Waals surface area contributed by atoms with Crippen molar-refractivity contribution in [3.63, 3.8) is 0 Å². The van der Waals surface area contributed by atoms with E-state index in [1.54, 1.807) is 57.2 Å². The Morgan fingerprint density at radius 3 is 2.12 bits per heavy atom. The minimum atomic E-state index is -0.989. The number of phenolic OH excluding ortho intramolecular Hbond substituents is 1. The number of aliphatic hydroxyl groups is 2. The maximum atomic E-state index is 13.8. The summed E-state index contributed by atoms with van der Waals surface area (Å²) in [7, 11) is 0. The van der Waals surface area contributed by atoms with Crippen LogP contribution in [0.25, 0.3) is 0 Å². The number of amides is 1. The smallest absolute Gasteiger partial charge is 0.251 e. The first-order chi connectivity index (χ1) is 23.5. The Hall–Kier alpha value is -4.70. The molecule has 0 spiro atoms. The van der Waals surface area contributed by atoms with Crippen LogP contribution in [0.15, 0.2) is 100 Å². The zero-order valence-corrected chi connectivity index (χ0v) is 30.0. The molecular formula is C40H44ClNO8. The lowest BCUT2D eigenvalue weighted by Gasteiger charge is -2.23. The number of allylic oxidation sites excluding steroid dienone is 11. The third kappa shape index (κ3) is 9.50. The average Bonchev–Trinajstić information content (AvgIpc) is 3.08. The second-order valence-corrected chi connectivity index (χ2v) is 13.2. The zero-order chi connectivity index (χ0) is 37.4. The second kappa shape index (κ2) is 17.3. The van der Waals surface area contributed by atoms with E-state index in [0.29, 0.717) is 5.57 Å². The average molecular weight is 702 g/mol. The molecule has 0 radical (unpaired) electrons. The number of fused-ring (bicyclic) bond motifs is 17. The molecule has 5 unspecified atom stereocenters. The van der Waals surface area contributed by atoms with Crippen molar-refractivity contribution < 1.29 is 39.3 Å². The number of aromatic hydroxyl groups is 1. The van der Waals surface area contributed by atoms with E-state index in [1.165, 1.54) is 51.1 Å². The number of halogens is 1. The first-order valence-corrected chi connectivity index (χ1v) is 16.7. The zero-order valence-electron chi connectivity index (χ0n) is 29.3. The van der Waals surface area contributed by atoms with E-state index < -0.39 is 69.3 Å². The third-order valence-electron chi connectivity index (χ3n) is 8.61. The fourth-order valence-electron chi connectivity index (χ4n) is 5.38. The Morgan fingerprint density at radius 2 is 1.44 bits per heavy atom. The summed E-state index contributed by atoms with van der Waals surface area (Å²) < 4.78 is 0. The molecule has 4 bridgehead atoms. The monoisotopic (exact) mass is 701 g/mol. The molecule has 0 saturated carbocycles. The topological polar surface area (TPSA) is 158 Å². The van der Waals surface area contributed by atoms with Crippen molar-refractivity contribution in [1.82, 2.24) is 5.32 Å². The van der Waals surface area contributed by atoms with Gasteiger partial charge in [0.2, 0.25) is 11.6 Å². The molecule has 1 aromatic rings. The van der Waals surface area contributed by atoms with Gasteiger partial charge in [-0.15, -0.1) is 0 Å². The summed E-state index contributed by atoms with van der Waals surface area (Å²) in [5.41, 5.74) is -0.508. The number of aryl methyl sites for hydroxylation is 1. The molecule has 4 N–H and O–H groups in total. The van der Waals surface area contributed by atoms with Gasteiger partial charge in [0.25, 0.3) is 5.91 Å². The van der Waals surface area contributed by atoms with E-state index in [9.17, 15) is 39.3 Å². The summed E-state index contributed by atoms with van der Waals surface area (Å²) in [6, 6.07) is 1.27. The van der Waals surface area contributed by atoms with E-state index in [1.807, 2.05) is 13.0 Å². The number of phenols is 1. The maximum Gasteiger partial charge on any atom is 0.251 e. The Labute approximate surface area is 297 Å². The Bertz CT molecular complexity index is 1830. The van der Waals surface area contributed by atoms with Crippen LogP contribution in [0.3, 0.4) is 0 Å². The van der Waals surface area contributed by atoms with E-state index in [4.69, 9.17) is 11.6 Å². The van der Waals surface area contributed by atoms with Gasteiger partial charge in [0.15, 0.2) is 11.6 Å². The molecule has 1 aromatic carbocycles. The van der Waals surface area contributed by atoms with Crippen molar-refractivity contribution in [2.75, 3.05) is 0 Å². The quantitative estimate of drug-likeness (QED) is 0.223. The first kappa shape index (κ1) is 39.7. The number of carbonyl (C=O) groups excluding carboxylic acids is 5. The molecule has 5 atom stereocenters. The molecular weight excluding hydrogens is 658 g/mol. The summed E-state index contributed by atoms with van der Waals surface area (Å²) in [5, 5.41) is 34.3. The van der Waals surface area contributed by atoms with Gasteiger partial charge in [0.05, 0.1) is 17.8 Å². The number of aliphatic hydroxyl groups excluding tert-OH is 2. The fraction of sp³-hybridized carbons (Fsp3) is 0.325. The lowest BCUT2D eigenvalue weighted by Crippen LogP contribution is -2.34. The van der Waals surface area contributed by atoms with E-state index in [-0.39, 0.29) is 46.0 Å². The van der Waals surface area contributed by atoms with Crippen LogP contribution in [-0.2, 0) is 9.59 Å². The molecule has 0 aromatic heterocycles. The molecule has 4 rings (SSSR count). The highest BCUT2D eigenvalue weighted by molar-refractivity contribution is 6.51. The Morgan fingerprint density at radius 1 is 0.760 bits per heavy atom. The summed E-state index contributed by atoms with van der Waals surface area (Å²) >= 11 is 6.37. The fourth-order valence-corrected chi connectivity index (χ4v) is 5.60. The van der Waals surface area contributed by atoms with Crippen molar-refractivity contribution in [3.05, 3.63) is 123 Å². The van der Waals surface area contributed by atoms with Crippen molar-refractivity contribution in [1.29, 1.82) is 0 Å². The molecule has 50 heavy (non-hydrogen) atoms. The van der Waals surface area contributed by atoms with Gasteiger partial charge in [-0.25, -0.2) is 0 Å². The van der Waals surface area contributed by atoms with Gasteiger partial charge in [0, 0.05) is 28.5 Å².